The van der Waals surface area contributed by atoms with Gasteiger partial charge in [0, 0.05) is 35.0 Å². The van der Waals surface area contributed by atoms with E-state index in [0.29, 0.717) is 12.3 Å². The number of aromatic nitrogens is 3. The fourth-order valence-corrected chi connectivity index (χ4v) is 3.55. The van der Waals surface area contributed by atoms with Crippen molar-refractivity contribution in [3.05, 3.63) is 63.8 Å². The van der Waals surface area contributed by atoms with Gasteiger partial charge in [-0.15, -0.1) is 0 Å². The molecule has 26 heavy (non-hydrogen) atoms. The maximum absolute atomic E-state index is 14.0. The van der Waals surface area contributed by atoms with Gasteiger partial charge in [-0.1, -0.05) is 11.6 Å². The largest absolute Gasteiger partial charge is 0.373 e. The molecule has 0 amide bonds. The summed E-state index contributed by atoms with van der Waals surface area (Å²) in [5.74, 6) is -0.453. The van der Waals surface area contributed by atoms with Crippen LogP contribution in [0.3, 0.4) is 0 Å². The number of ether oxygens (including phenoxy) is 1. The van der Waals surface area contributed by atoms with Gasteiger partial charge in [0.2, 0.25) is 0 Å². The van der Waals surface area contributed by atoms with Gasteiger partial charge in [0.05, 0.1) is 34.8 Å². The topological polar surface area (TPSA) is 39.9 Å². The van der Waals surface area contributed by atoms with Crippen LogP contribution in [0.5, 0.6) is 0 Å². The Morgan fingerprint density at radius 1 is 1.19 bits per heavy atom. The lowest BCUT2D eigenvalue weighted by Crippen LogP contribution is -2.21. The molecule has 1 aliphatic heterocycles. The van der Waals surface area contributed by atoms with Gasteiger partial charge >= 0.3 is 0 Å². The van der Waals surface area contributed by atoms with Crippen LogP contribution in [-0.2, 0) is 17.8 Å². The van der Waals surface area contributed by atoms with Gasteiger partial charge in [0.1, 0.15) is 5.82 Å². The molecule has 1 aromatic carbocycles. The second-order valence-electron chi connectivity index (χ2n) is 6.75. The van der Waals surface area contributed by atoms with Crippen LogP contribution < -0.4 is 0 Å². The minimum Gasteiger partial charge on any atom is -0.373 e. The molecule has 4 nitrogen and oxygen atoms in total. The van der Waals surface area contributed by atoms with Crippen LogP contribution in [0, 0.1) is 19.7 Å². The first kappa shape index (κ1) is 17.2. The molecule has 0 fully saturated rings. The smallest absolute Gasteiger partial charge is 0.143 e. The molecule has 0 radical (unpaired) electrons. The number of hydrogen-bond donors (Lipinski definition) is 0. The Morgan fingerprint density at radius 2 is 1.92 bits per heavy atom. The molecule has 0 N–H and O–H groups in total. The van der Waals surface area contributed by atoms with Crippen LogP contribution in [0.4, 0.5) is 4.39 Å². The highest BCUT2D eigenvalue weighted by atomic mass is 35.5. The van der Waals surface area contributed by atoms with Crippen molar-refractivity contribution in [1.82, 2.24) is 14.8 Å². The highest BCUT2D eigenvalue weighted by Gasteiger charge is 2.26. The van der Waals surface area contributed by atoms with Crippen molar-refractivity contribution >= 4 is 11.6 Å². The van der Waals surface area contributed by atoms with Gasteiger partial charge in [-0.25, -0.2) is 9.07 Å². The van der Waals surface area contributed by atoms with Crippen LogP contribution in [0.1, 0.15) is 29.6 Å². The molecule has 1 aliphatic rings. The molecule has 1 atom stereocenters. The first-order chi connectivity index (χ1) is 12.4. The van der Waals surface area contributed by atoms with Gasteiger partial charge in [-0.05, 0) is 45.0 Å². The lowest BCUT2D eigenvalue weighted by Gasteiger charge is -2.21. The van der Waals surface area contributed by atoms with Crippen molar-refractivity contribution in [3.63, 3.8) is 0 Å². The number of pyridine rings is 1. The fraction of sp³-hybridized carbons (Fsp3) is 0.300. The summed E-state index contributed by atoms with van der Waals surface area (Å²) in [6.07, 6.45) is 0.805. The summed E-state index contributed by atoms with van der Waals surface area (Å²) in [5, 5.41) is 4.92. The lowest BCUT2D eigenvalue weighted by molar-refractivity contribution is 0.0401. The monoisotopic (exact) mass is 371 g/mol. The second-order valence-corrected chi connectivity index (χ2v) is 7.16. The molecular formula is C20H19ClFN3O. The highest BCUT2D eigenvalue weighted by molar-refractivity contribution is 6.30. The molecule has 2 aromatic heterocycles. The van der Waals surface area contributed by atoms with E-state index >= 15 is 0 Å². The lowest BCUT2D eigenvalue weighted by atomic mass is 10.0. The summed E-state index contributed by atoms with van der Waals surface area (Å²) >= 11 is 5.84. The van der Waals surface area contributed by atoms with E-state index in [1.54, 1.807) is 12.1 Å². The van der Waals surface area contributed by atoms with E-state index in [1.807, 2.05) is 37.6 Å². The zero-order chi connectivity index (χ0) is 18.4. The van der Waals surface area contributed by atoms with Gasteiger partial charge in [-0.3, -0.25) is 4.98 Å². The van der Waals surface area contributed by atoms with Gasteiger partial charge in [0.15, 0.2) is 0 Å². The quantitative estimate of drug-likeness (QED) is 0.649. The number of hydrogen-bond acceptors (Lipinski definition) is 3. The third kappa shape index (κ3) is 3.02. The summed E-state index contributed by atoms with van der Waals surface area (Å²) in [4.78, 5) is 4.44. The molecule has 3 heterocycles. The van der Waals surface area contributed by atoms with E-state index < -0.39 is 5.82 Å². The van der Waals surface area contributed by atoms with Crippen molar-refractivity contribution in [2.24, 2.45) is 0 Å². The minimum absolute atomic E-state index is 0.0869. The van der Waals surface area contributed by atoms with E-state index in [-0.39, 0.29) is 11.1 Å². The highest BCUT2D eigenvalue weighted by Crippen LogP contribution is 2.33. The predicted molar refractivity (Wildman–Crippen MR) is 99.2 cm³/mol. The van der Waals surface area contributed by atoms with Crippen molar-refractivity contribution in [1.29, 1.82) is 0 Å². The van der Waals surface area contributed by atoms with Gasteiger partial charge in [0.25, 0.3) is 0 Å². The summed E-state index contributed by atoms with van der Waals surface area (Å²) in [7, 11) is 0. The number of nitrogens with zero attached hydrogens (tertiary/aromatic N) is 3. The summed E-state index contributed by atoms with van der Waals surface area (Å²) in [6.45, 7) is 6.45. The van der Waals surface area contributed by atoms with Crippen LogP contribution in [-0.4, -0.2) is 20.9 Å². The van der Waals surface area contributed by atoms with Crippen molar-refractivity contribution < 1.29 is 9.13 Å². The predicted octanol–water partition coefficient (Wildman–Crippen LogP) is 4.80. The molecule has 0 saturated carbocycles. The van der Waals surface area contributed by atoms with E-state index in [4.69, 9.17) is 21.4 Å². The first-order valence-electron chi connectivity index (χ1n) is 8.56. The standard InChI is InChI=1S/C20H19ClFN3O/c1-11-6-14(7-12(2)23-11)20-16-10-26-13(3)8-19(16)25(24-20)15-4-5-17(21)18(22)9-15/h4-7,9,13H,8,10H2,1-3H3/t13-/m0/s1. The second kappa shape index (κ2) is 6.49. The number of benzene rings is 1. The Bertz CT molecular complexity index is 979. The Kier molecular flexibility index (Phi) is 4.29. The summed E-state index contributed by atoms with van der Waals surface area (Å²) < 4.78 is 21.7. The molecule has 3 aromatic rings. The minimum atomic E-state index is -0.453. The van der Waals surface area contributed by atoms with E-state index in [0.717, 1.165) is 40.3 Å². The van der Waals surface area contributed by atoms with Crippen LogP contribution in [0.15, 0.2) is 30.3 Å². The average Bonchev–Trinajstić information content (AvgIpc) is 2.95. The molecule has 0 saturated heterocycles. The fourth-order valence-electron chi connectivity index (χ4n) is 3.44. The maximum atomic E-state index is 14.0. The number of fused-ring (bicyclic) bond motifs is 1. The summed E-state index contributed by atoms with van der Waals surface area (Å²) in [5.41, 5.74) is 6.48. The van der Waals surface area contributed by atoms with E-state index in [1.165, 1.54) is 6.07 Å². The van der Waals surface area contributed by atoms with Crippen molar-refractivity contribution in [3.8, 4) is 16.9 Å². The zero-order valence-corrected chi connectivity index (χ0v) is 15.6. The zero-order valence-electron chi connectivity index (χ0n) is 14.9. The molecule has 0 aliphatic carbocycles. The summed E-state index contributed by atoms with van der Waals surface area (Å²) in [6, 6.07) is 8.79. The average molecular weight is 372 g/mol. The molecule has 134 valence electrons. The number of rotatable bonds is 2. The molecule has 0 bridgehead atoms. The Morgan fingerprint density at radius 3 is 2.62 bits per heavy atom. The Labute approximate surface area is 156 Å². The molecule has 0 unspecified atom stereocenters. The van der Waals surface area contributed by atoms with Crippen molar-refractivity contribution in [2.45, 2.75) is 39.9 Å². The van der Waals surface area contributed by atoms with Gasteiger partial charge in [-0.2, -0.15) is 5.10 Å². The van der Waals surface area contributed by atoms with Crippen LogP contribution >= 0.6 is 11.6 Å². The van der Waals surface area contributed by atoms with Crippen LogP contribution in [0.2, 0.25) is 5.02 Å². The van der Waals surface area contributed by atoms with Crippen molar-refractivity contribution in [2.75, 3.05) is 0 Å². The third-order valence-electron chi connectivity index (χ3n) is 4.59. The number of halogens is 2. The molecular weight excluding hydrogens is 353 g/mol. The third-order valence-corrected chi connectivity index (χ3v) is 4.89. The van der Waals surface area contributed by atoms with Gasteiger partial charge < -0.3 is 4.74 Å². The van der Waals surface area contributed by atoms with E-state index in [2.05, 4.69) is 4.98 Å². The Hall–Kier alpha value is -2.24. The SMILES string of the molecule is Cc1cc(-c2nn(-c3ccc(Cl)c(F)c3)c3c2CO[C@@H](C)C3)cc(C)n1. The number of aryl methyl sites for hydroxylation is 2. The molecule has 0 spiro atoms. The molecule has 6 heteroatoms. The first-order valence-corrected chi connectivity index (χ1v) is 8.93. The normalized spacial score (nSPS) is 16.6. The Balaban J connectivity index is 1.92. The van der Waals surface area contributed by atoms with E-state index in [9.17, 15) is 4.39 Å². The maximum Gasteiger partial charge on any atom is 0.143 e. The van der Waals surface area contributed by atoms with Crippen LogP contribution in [0.25, 0.3) is 16.9 Å². The molecule has 4 rings (SSSR count).